The third kappa shape index (κ3) is 6.39. The van der Waals surface area contributed by atoms with E-state index in [1.807, 2.05) is 0 Å². The molecule has 1 heterocycles. The molecule has 5 atom stereocenters. The third-order valence-corrected chi connectivity index (χ3v) is 5.74. The van der Waals surface area contributed by atoms with Gasteiger partial charge < -0.3 is 28.8 Å². The van der Waals surface area contributed by atoms with Crippen LogP contribution in [0.5, 0.6) is 0 Å². The van der Waals surface area contributed by atoms with Crippen molar-refractivity contribution in [2.75, 3.05) is 13.7 Å². The second kappa shape index (κ2) is 12.3. The van der Waals surface area contributed by atoms with E-state index in [0.29, 0.717) is 5.56 Å². The summed E-state index contributed by atoms with van der Waals surface area (Å²) in [4.78, 5) is 38.1. The van der Waals surface area contributed by atoms with Crippen molar-refractivity contribution in [2.45, 2.75) is 30.7 Å². The van der Waals surface area contributed by atoms with Gasteiger partial charge in [-0.15, -0.1) is 0 Å². The Kier molecular flexibility index (Phi) is 8.63. The summed E-state index contributed by atoms with van der Waals surface area (Å²) in [5.74, 6) is -2.10. The van der Waals surface area contributed by atoms with Crippen LogP contribution in [0.15, 0.2) is 91.0 Å². The van der Waals surface area contributed by atoms with E-state index in [1.165, 1.54) is 7.11 Å². The van der Waals surface area contributed by atoms with Gasteiger partial charge in [-0.3, -0.25) is 0 Å². The smallest absolute Gasteiger partial charge is 0.338 e. The molecule has 3 aromatic carbocycles. The second-order valence-electron chi connectivity index (χ2n) is 8.21. The highest BCUT2D eigenvalue weighted by Crippen LogP contribution is 2.28. The highest BCUT2D eigenvalue weighted by atomic mass is 16.7. The van der Waals surface area contributed by atoms with E-state index in [9.17, 15) is 19.5 Å². The Balaban J connectivity index is 1.55. The van der Waals surface area contributed by atoms with Crippen LogP contribution >= 0.6 is 0 Å². The first-order chi connectivity index (χ1) is 18.0. The first kappa shape index (κ1) is 26.0. The first-order valence-electron chi connectivity index (χ1n) is 11.6. The zero-order valence-corrected chi connectivity index (χ0v) is 20.0. The van der Waals surface area contributed by atoms with Crippen molar-refractivity contribution in [3.63, 3.8) is 0 Å². The van der Waals surface area contributed by atoms with Gasteiger partial charge in [0.1, 0.15) is 18.8 Å². The van der Waals surface area contributed by atoms with E-state index in [2.05, 4.69) is 0 Å². The maximum Gasteiger partial charge on any atom is 0.338 e. The van der Waals surface area contributed by atoms with Crippen molar-refractivity contribution < 1.29 is 43.2 Å². The molecule has 0 aromatic heterocycles. The van der Waals surface area contributed by atoms with Crippen LogP contribution in [-0.2, 0) is 23.7 Å². The van der Waals surface area contributed by atoms with Gasteiger partial charge >= 0.3 is 17.9 Å². The lowest BCUT2D eigenvalue weighted by atomic mass is 9.98. The van der Waals surface area contributed by atoms with Crippen molar-refractivity contribution in [2.24, 2.45) is 0 Å². The molecule has 0 aliphatic carbocycles. The molecule has 0 amide bonds. The predicted molar refractivity (Wildman–Crippen MR) is 130 cm³/mol. The third-order valence-electron chi connectivity index (χ3n) is 5.74. The minimum Gasteiger partial charge on any atom is -0.459 e. The molecule has 1 aliphatic rings. The normalized spacial score (nSPS) is 23.0. The SMILES string of the molecule is COC1OC(COC(=O)c2ccccc2)C(O)C(OC(=O)c2ccccc2)C1OC(=O)c1ccccc1. The fourth-order valence-electron chi connectivity index (χ4n) is 3.83. The molecule has 0 saturated carbocycles. The number of hydrogen-bond donors (Lipinski definition) is 1. The fourth-order valence-corrected chi connectivity index (χ4v) is 3.83. The van der Waals surface area contributed by atoms with Crippen molar-refractivity contribution in [3.05, 3.63) is 108 Å². The van der Waals surface area contributed by atoms with Crippen LogP contribution in [0.4, 0.5) is 0 Å². The Morgan fingerprint density at radius 3 is 1.59 bits per heavy atom. The topological polar surface area (TPSA) is 118 Å². The van der Waals surface area contributed by atoms with Crippen LogP contribution < -0.4 is 0 Å². The van der Waals surface area contributed by atoms with E-state index in [0.717, 1.165) is 0 Å². The number of benzene rings is 3. The van der Waals surface area contributed by atoms with Gasteiger partial charge in [-0.1, -0.05) is 54.6 Å². The Morgan fingerprint density at radius 1 is 0.703 bits per heavy atom. The van der Waals surface area contributed by atoms with Gasteiger partial charge in [0, 0.05) is 7.11 Å². The molecule has 9 heteroatoms. The van der Waals surface area contributed by atoms with Gasteiger partial charge in [0.15, 0.2) is 18.5 Å². The van der Waals surface area contributed by atoms with Crippen molar-refractivity contribution in [1.82, 2.24) is 0 Å². The summed E-state index contributed by atoms with van der Waals surface area (Å²) < 4.78 is 27.7. The zero-order chi connectivity index (χ0) is 26.2. The van der Waals surface area contributed by atoms with E-state index in [1.54, 1.807) is 91.0 Å². The fraction of sp³-hybridized carbons (Fsp3) is 0.250. The maximum atomic E-state index is 12.9. The molecule has 5 unspecified atom stereocenters. The molecule has 9 nitrogen and oxygen atoms in total. The molecule has 192 valence electrons. The van der Waals surface area contributed by atoms with Crippen molar-refractivity contribution >= 4 is 17.9 Å². The van der Waals surface area contributed by atoms with Crippen LogP contribution in [0.1, 0.15) is 31.1 Å². The average Bonchev–Trinajstić information content (AvgIpc) is 2.95. The summed E-state index contributed by atoms with van der Waals surface area (Å²) in [6, 6.07) is 24.7. The minimum atomic E-state index is -1.52. The van der Waals surface area contributed by atoms with Crippen LogP contribution in [0.3, 0.4) is 0 Å². The monoisotopic (exact) mass is 506 g/mol. The van der Waals surface area contributed by atoms with Gasteiger partial charge in [-0.2, -0.15) is 0 Å². The Bertz CT molecular complexity index is 1180. The molecule has 1 saturated heterocycles. The number of ether oxygens (including phenoxy) is 5. The van der Waals surface area contributed by atoms with E-state index >= 15 is 0 Å². The standard InChI is InChI=1S/C28H26O9/c1-33-28-24(37-27(32)20-15-9-4-10-16-20)23(36-26(31)19-13-7-3-8-14-19)22(29)21(35-28)17-34-25(30)18-11-5-2-6-12-18/h2-16,21-24,28-29H,17H2,1H3. The van der Waals surface area contributed by atoms with Crippen molar-refractivity contribution in [3.8, 4) is 0 Å². The van der Waals surface area contributed by atoms with Gasteiger partial charge in [0.25, 0.3) is 0 Å². The Labute approximate surface area is 213 Å². The number of aliphatic hydroxyl groups is 1. The summed E-state index contributed by atoms with van der Waals surface area (Å²) in [7, 11) is 1.31. The zero-order valence-electron chi connectivity index (χ0n) is 20.0. The molecule has 1 fully saturated rings. The molecule has 1 N–H and O–H groups in total. The maximum absolute atomic E-state index is 12.9. The highest BCUT2D eigenvalue weighted by Gasteiger charge is 2.50. The molecule has 1 aliphatic heterocycles. The largest absolute Gasteiger partial charge is 0.459 e. The van der Waals surface area contributed by atoms with E-state index in [4.69, 9.17) is 23.7 Å². The van der Waals surface area contributed by atoms with Crippen LogP contribution in [-0.4, -0.2) is 67.4 Å². The van der Waals surface area contributed by atoms with Gasteiger partial charge in [-0.05, 0) is 36.4 Å². The number of esters is 3. The molecule has 0 bridgehead atoms. The first-order valence-corrected chi connectivity index (χ1v) is 11.6. The lowest BCUT2D eigenvalue weighted by Gasteiger charge is -2.42. The number of aliphatic hydroxyl groups excluding tert-OH is 1. The molecular weight excluding hydrogens is 480 g/mol. The Hall–Kier alpha value is -4.05. The van der Waals surface area contributed by atoms with Crippen LogP contribution in [0, 0.1) is 0 Å². The molecular formula is C28H26O9. The predicted octanol–water partition coefficient (Wildman–Crippen LogP) is 3.03. The van der Waals surface area contributed by atoms with Gasteiger partial charge in [-0.25, -0.2) is 14.4 Å². The number of carbonyl (C=O) groups excluding carboxylic acids is 3. The number of hydrogen-bond acceptors (Lipinski definition) is 9. The lowest BCUT2D eigenvalue weighted by molar-refractivity contribution is -0.292. The quantitative estimate of drug-likeness (QED) is 0.363. The molecule has 0 spiro atoms. The number of carbonyl (C=O) groups is 3. The Morgan fingerprint density at radius 2 is 1.14 bits per heavy atom. The summed E-state index contributed by atoms with van der Waals surface area (Å²) in [6.45, 7) is -0.368. The number of methoxy groups -OCH3 is 1. The molecule has 4 rings (SSSR count). The van der Waals surface area contributed by atoms with Gasteiger partial charge in [0.05, 0.1) is 16.7 Å². The molecule has 0 radical (unpaired) electrons. The molecule has 37 heavy (non-hydrogen) atoms. The molecule has 3 aromatic rings. The second-order valence-corrected chi connectivity index (χ2v) is 8.21. The van der Waals surface area contributed by atoms with Gasteiger partial charge in [0.2, 0.25) is 0 Å². The lowest BCUT2D eigenvalue weighted by Crippen LogP contribution is -2.61. The van der Waals surface area contributed by atoms with E-state index in [-0.39, 0.29) is 17.7 Å². The number of rotatable bonds is 8. The van der Waals surface area contributed by atoms with Crippen molar-refractivity contribution in [1.29, 1.82) is 0 Å². The summed E-state index contributed by atoms with van der Waals surface area (Å²) in [6.07, 6.45) is -6.60. The highest BCUT2D eigenvalue weighted by molar-refractivity contribution is 5.90. The minimum absolute atomic E-state index is 0.232. The summed E-state index contributed by atoms with van der Waals surface area (Å²) in [5.41, 5.74) is 0.798. The van der Waals surface area contributed by atoms with E-state index < -0.39 is 48.6 Å². The average molecular weight is 507 g/mol. The summed E-state index contributed by atoms with van der Waals surface area (Å²) >= 11 is 0. The van der Waals surface area contributed by atoms with Crippen LogP contribution in [0.25, 0.3) is 0 Å². The summed E-state index contributed by atoms with van der Waals surface area (Å²) in [5, 5.41) is 11.1. The van der Waals surface area contributed by atoms with Crippen LogP contribution in [0.2, 0.25) is 0 Å².